The van der Waals surface area contributed by atoms with Gasteiger partial charge in [0.2, 0.25) is 0 Å². The highest BCUT2D eigenvalue weighted by atomic mass is 16.5. The monoisotopic (exact) mass is 186 g/mol. The van der Waals surface area contributed by atoms with Gasteiger partial charge in [-0.25, -0.2) is 0 Å². The van der Waals surface area contributed by atoms with E-state index in [0.717, 1.165) is 25.7 Å². The van der Waals surface area contributed by atoms with Crippen LogP contribution in [0.25, 0.3) is 0 Å². The Bertz CT molecular complexity index is 153. The number of hydrogen-bond acceptors (Lipinski definition) is 2. The number of aliphatic hydroxyl groups is 1. The summed E-state index contributed by atoms with van der Waals surface area (Å²) in [5.74, 6) is 0. The van der Waals surface area contributed by atoms with Crippen LogP contribution in [-0.2, 0) is 4.74 Å². The summed E-state index contributed by atoms with van der Waals surface area (Å²) in [6.07, 6.45) is 3.99. The fourth-order valence-corrected chi connectivity index (χ4v) is 1.83. The van der Waals surface area contributed by atoms with Gasteiger partial charge in [0.25, 0.3) is 0 Å². The summed E-state index contributed by atoms with van der Waals surface area (Å²) in [7, 11) is 0. The molecule has 1 N–H and O–H groups in total. The van der Waals surface area contributed by atoms with E-state index in [1.165, 1.54) is 0 Å². The van der Waals surface area contributed by atoms with E-state index in [-0.39, 0.29) is 0 Å². The van der Waals surface area contributed by atoms with E-state index in [4.69, 9.17) is 4.74 Å². The highest BCUT2D eigenvalue weighted by Gasteiger charge is 2.36. The van der Waals surface area contributed by atoms with E-state index in [0.29, 0.717) is 18.6 Å². The molecule has 0 aromatic carbocycles. The van der Waals surface area contributed by atoms with Crippen molar-refractivity contribution in [2.45, 2.75) is 52.1 Å². The van der Waals surface area contributed by atoms with E-state index < -0.39 is 5.60 Å². The van der Waals surface area contributed by atoms with Crippen molar-refractivity contribution < 1.29 is 9.84 Å². The maximum Gasteiger partial charge on any atom is 0.0880 e. The summed E-state index contributed by atoms with van der Waals surface area (Å²) in [5, 5.41) is 10.1. The van der Waals surface area contributed by atoms with Crippen molar-refractivity contribution in [2.24, 2.45) is 5.41 Å². The average Bonchev–Trinajstić information content (AvgIpc) is 2.08. The molecule has 2 heteroatoms. The standard InChI is InChI=1S/C11H22O2/c1-4-13-9-11(12)7-5-10(2,3)6-8-11/h12H,4-9H2,1-3H3. The maximum absolute atomic E-state index is 10.1. The van der Waals surface area contributed by atoms with Crippen LogP contribution in [0.1, 0.15) is 46.5 Å². The summed E-state index contributed by atoms with van der Waals surface area (Å²) in [4.78, 5) is 0. The van der Waals surface area contributed by atoms with Crippen molar-refractivity contribution in [1.29, 1.82) is 0 Å². The summed E-state index contributed by atoms with van der Waals surface area (Å²) >= 11 is 0. The molecule has 0 saturated heterocycles. The lowest BCUT2D eigenvalue weighted by molar-refractivity contribution is -0.0829. The van der Waals surface area contributed by atoms with Crippen LogP contribution in [0.15, 0.2) is 0 Å². The first kappa shape index (κ1) is 11.0. The first-order chi connectivity index (χ1) is 5.97. The first-order valence-electron chi connectivity index (χ1n) is 5.28. The van der Waals surface area contributed by atoms with Gasteiger partial charge in [-0.2, -0.15) is 0 Å². The Hall–Kier alpha value is -0.0800. The Morgan fingerprint density at radius 2 is 1.69 bits per heavy atom. The van der Waals surface area contributed by atoms with Gasteiger partial charge in [-0.15, -0.1) is 0 Å². The Kier molecular flexibility index (Phi) is 3.36. The van der Waals surface area contributed by atoms with Gasteiger partial charge in [0.15, 0.2) is 0 Å². The molecule has 1 saturated carbocycles. The molecule has 1 aliphatic rings. The third-order valence-corrected chi connectivity index (χ3v) is 3.11. The second kappa shape index (κ2) is 3.97. The van der Waals surface area contributed by atoms with Crippen LogP contribution in [0, 0.1) is 5.41 Å². The molecule has 0 aromatic rings. The minimum absolute atomic E-state index is 0.415. The normalized spacial score (nSPS) is 25.8. The molecule has 0 aliphatic heterocycles. The Balaban J connectivity index is 2.37. The van der Waals surface area contributed by atoms with Crippen molar-refractivity contribution >= 4 is 0 Å². The molecule has 0 radical (unpaired) electrons. The van der Waals surface area contributed by atoms with Gasteiger partial charge in [-0.3, -0.25) is 0 Å². The molecule has 1 fully saturated rings. The first-order valence-corrected chi connectivity index (χ1v) is 5.28. The molecule has 2 nitrogen and oxygen atoms in total. The minimum atomic E-state index is -0.536. The lowest BCUT2D eigenvalue weighted by Gasteiger charge is -2.39. The van der Waals surface area contributed by atoms with Crippen LogP contribution in [0.2, 0.25) is 0 Å². The Labute approximate surface area is 81.3 Å². The molecule has 0 amide bonds. The third kappa shape index (κ3) is 3.28. The lowest BCUT2D eigenvalue weighted by Crippen LogP contribution is -2.40. The topological polar surface area (TPSA) is 29.5 Å². The molecule has 0 unspecified atom stereocenters. The van der Waals surface area contributed by atoms with Crippen LogP contribution in [0.3, 0.4) is 0 Å². The van der Waals surface area contributed by atoms with Crippen molar-refractivity contribution in [1.82, 2.24) is 0 Å². The van der Waals surface area contributed by atoms with E-state index in [9.17, 15) is 5.11 Å². The molecule has 13 heavy (non-hydrogen) atoms. The van der Waals surface area contributed by atoms with Gasteiger partial charge >= 0.3 is 0 Å². The molecular formula is C11H22O2. The smallest absolute Gasteiger partial charge is 0.0880 e. The third-order valence-electron chi connectivity index (χ3n) is 3.11. The fourth-order valence-electron chi connectivity index (χ4n) is 1.83. The Morgan fingerprint density at radius 3 is 2.15 bits per heavy atom. The van der Waals surface area contributed by atoms with Crippen LogP contribution in [-0.4, -0.2) is 23.9 Å². The SMILES string of the molecule is CCOCC1(O)CCC(C)(C)CC1. The van der Waals surface area contributed by atoms with Crippen LogP contribution >= 0.6 is 0 Å². The highest BCUT2D eigenvalue weighted by Crippen LogP contribution is 2.40. The van der Waals surface area contributed by atoms with Crippen molar-refractivity contribution in [2.75, 3.05) is 13.2 Å². The predicted octanol–water partition coefficient (Wildman–Crippen LogP) is 2.35. The van der Waals surface area contributed by atoms with Gasteiger partial charge in [0, 0.05) is 6.61 Å². The molecular weight excluding hydrogens is 164 g/mol. The summed E-state index contributed by atoms with van der Waals surface area (Å²) < 4.78 is 5.29. The molecule has 0 atom stereocenters. The minimum Gasteiger partial charge on any atom is -0.387 e. The van der Waals surface area contributed by atoms with Gasteiger partial charge in [-0.1, -0.05) is 13.8 Å². The maximum atomic E-state index is 10.1. The molecule has 0 aromatic heterocycles. The van der Waals surface area contributed by atoms with Crippen LogP contribution < -0.4 is 0 Å². The zero-order valence-corrected chi connectivity index (χ0v) is 9.10. The predicted molar refractivity (Wildman–Crippen MR) is 53.7 cm³/mol. The van der Waals surface area contributed by atoms with E-state index in [2.05, 4.69) is 13.8 Å². The summed E-state index contributed by atoms with van der Waals surface area (Å²) in [6.45, 7) is 7.72. The largest absolute Gasteiger partial charge is 0.387 e. The molecule has 0 spiro atoms. The molecule has 78 valence electrons. The lowest BCUT2D eigenvalue weighted by atomic mass is 9.71. The van der Waals surface area contributed by atoms with Crippen molar-refractivity contribution in [3.05, 3.63) is 0 Å². The molecule has 1 aliphatic carbocycles. The number of rotatable bonds is 3. The summed E-state index contributed by atoms with van der Waals surface area (Å²) in [5.41, 5.74) is -0.121. The second-order valence-electron chi connectivity index (χ2n) is 5.03. The van der Waals surface area contributed by atoms with Crippen molar-refractivity contribution in [3.63, 3.8) is 0 Å². The van der Waals surface area contributed by atoms with Gasteiger partial charge in [-0.05, 0) is 38.0 Å². The fraction of sp³-hybridized carbons (Fsp3) is 1.00. The molecule has 1 rings (SSSR count). The van der Waals surface area contributed by atoms with Gasteiger partial charge in [0.05, 0.1) is 12.2 Å². The van der Waals surface area contributed by atoms with E-state index in [1.54, 1.807) is 0 Å². The van der Waals surface area contributed by atoms with Crippen LogP contribution in [0.5, 0.6) is 0 Å². The Morgan fingerprint density at radius 1 is 1.15 bits per heavy atom. The zero-order valence-electron chi connectivity index (χ0n) is 9.10. The van der Waals surface area contributed by atoms with Gasteiger partial charge < -0.3 is 9.84 Å². The van der Waals surface area contributed by atoms with E-state index in [1.807, 2.05) is 6.92 Å². The highest BCUT2D eigenvalue weighted by molar-refractivity contribution is 4.88. The molecule has 0 heterocycles. The average molecular weight is 186 g/mol. The molecule has 0 bridgehead atoms. The van der Waals surface area contributed by atoms with E-state index >= 15 is 0 Å². The zero-order chi connectivity index (χ0) is 9.95. The second-order valence-corrected chi connectivity index (χ2v) is 5.03. The van der Waals surface area contributed by atoms with Crippen LogP contribution in [0.4, 0.5) is 0 Å². The quantitative estimate of drug-likeness (QED) is 0.733. The van der Waals surface area contributed by atoms with Gasteiger partial charge in [0.1, 0.15) is 0 Å². The number of ether oxygens (including phenoxy) is 1. The van der Waals surface area contributed by atoms with Crippen molar-refractivity contribution in [3.8, 4) is 0 Å². The summed E-state index contributed by atoms with van der Waals surface area (Å²) in [6, 6.07) is 0. The number of hydrogen-bond donors (Lipinski definition) is 1.